The first kappa shape index (κ1) is 13.4. The second kappa shape index (κ2) is 6.21. The molecule has 0 aliphatic heterocycles. The monoisotopic (exact) mass is 278 g/mol. The van der Waals surface area contributed by atoms with Crippen LogP contribution in [-0.2, 0) is 0 Å². The van der Waals surface area contributed by atoms with Crippen molar-refractivity contribution in [2.45, 2.75) is 12.8 Å². The summed E-state index contributed by atoms with van der Waals surface area (Å²) >= 11 is 1.57. The van der Waals surface area contributed by atoms with Crippen LogP contribution in [0.4, 0.5) is 5.82 Å². The zero-order valence-electron chi connectivity index (χ0n) is 10.3. The molecule has 1 atom stereocenters. The van der Waals surface area contributed by atoms with Crippen molar-refractivity contribution in [3.63, 3.8) is 0 Å². The highest BCUT2D eigenvalue weighted by molar-refractivity contribution is 7.09. The van der Waals surface area contributed by atoms with Crippen LogP contribution in [0.5, 0.6) is 0 Å². The Kier molecular flexibility index (Phi) is 4.37. The van der Waals surface area contributed by atoms with E-state index in [2.05, 4.69) is 25.7 Å². The number of carbonyl (C=O) groups excluding carboxylic acids is 1. The van der Waals surface area contributed by atoms with E-state index in [1.165, 1.54) is 12.4 Å². The van der Waals surface area contributed by atoms with Gasteiger partial charge in [0.15, 0.2) is 5.82 Å². The Bertz CT molecular complexity index is 544. The van der Waals surface area contributed by atoms with Crippen LogP contribution in [0.3, 0.4) is 0 Å². The maximum atomic E-state index is 11.9. The Morgan fingerprint density at radius 2 is 2.37 bits per heavy atom. The van der Waals surface area contributed by atoms with Gasteiger partial charge in [-0.2, -0.15) is 0 Å². The van der Waals surface area contributed by atoms with Crippen LogP contribution < -0.4 is 16.6 Å². The molecule has 0 saturated heterocycles. The standard InChI is InChI=1S/C11H14N6OS/c1-7(11-14-2-3-19-11)4-15-10(18)8-5-13-6-9(16-8)17-12/h2-3,5-7H,4,12H2,1H3,(H,15,18)(H,16,17). The van der Waals surface area contributed by atoms with Gasteiger partial charge >= 0.3 is 0 Å². The molecule has 1 amide bonds. The number of carbonyl (C=O) groups is 1. The first-order valence-corrected chi connectivity index (χ1v) is 6.55. The van der Waals surface area contributed by atoms with E-state index in [9.17, 15) is 4.79 Å². The maximum Gasteiger partial charge on any atom is 0.271 e. The van der Waals surface area contributed by atoms with E-state index in [-0.39, 0.29) is 17.5 Å². The number of nitrogens with one attached hydrogen (secondary N) is 2. The topological polar surface area (TPSA) is 106 Å². The van der Waals surface area contributed by atoms with E-state index in [4.69, 9.17) is 5.84 Å². The summed E-state index contributed by atoms with van der Waals surface area (Å²) in [4.78, 5) is 24.0. The normalized spacial score (nSPS) is 11.9. The van der Waals surface area contributed by atoms with Gasteiger partial charge in [-0.1, -0.05) is 6.92 Å². The number of anilines is 1. The van der Waals surface area contributed by atoms with E-state index in [0.29, 0.717) is 12.4 Å². The van der Waals surface area contributed by atoms with Gasteiger partial charge in [0, 0.05) is 24.0 Å². The van der Waals surface area contributed by atoms with Crippen molar-refractivity contribution in [2.75, 3.05) is 12.0 Å². The number of hydrazine groups is 1. The van der Waals surface area contributed by atoms with Gasteiger partial charge in [0.2, 0.25) is 0 Å². The van der Waals surface area contributed by atoms with Crippen LogP contribution in [0.1, 0.15) is 28.3 Å². The molecule has 0 saturated carbocycles. The number of nitrogen functional groups attached to an aromatic ring is 1. The Balaban J connectivity index is 1.94. The Morgan fingerprint density at radius 1 is 1.53 bits per heavy atom. The van der Waals surface area contributed by atoms with Gasteiger partial charge in [-0.15, -0.1) is 11.3 Å². The predicted molar refractivity (Wildman–Crippen MR) is 72.7 cm³/mol. The molecule has 0 aromatic carbocycles. The molecule has 8 heteroatoms. The molecule has 0 bridgehead atoms. The minimum Gasteiger partial charge on any atom is -0.350 e. The zero-order chi connectivity index (χ0) is 13.7. The second-order valence-corrected chi connectivity index (χ2v) is 4.84. The minimum atomic E-state index is -0.284. The van der Waals surface area contributed by atoms with Gasteiger partial charge in [-0.05, 0) is 0 Å². The number of hydrogen-bond donors (Lipinski definition) is 3. The van der Waals surface area contributed by atoms with Gasteiger partial charge in [0.1, 0.15) is 5.69 Å². The van der Waals surface area contributed by atoms with E-state index in [1.807, 2.05) is 12.3 Å². The summed E-state index contributed by atoms with van der Waals surface area (Å²) < 4.78 is 0. The lowest BCUT2D eigenvalue weighted by Crippen LogP contribution is -2.28. The SMILES string of the molecule is CC(CNC(=O)c1cncc(NN)n1)c1nccs1. The first-order valence-electron chi connectivity index (χ1n) is 5.67. The fraction of sp³-hybridized carbons (Fsp3) is 0.273. The highest BCUT2D eigenvalue weighted by Gasteiger charge is 2.12. The molecule has 0 spiro atoms. The Morgan fingerprint density at radius 3 is 3.05 bits per heavy atom. The molecule has 7 nitrogen and oxygen atoms in total. The molecule has 0 aliphatic rings. The molecule has 4 N–H and O–H groups in total. The van der Waals surface area contributed by atoms with E-state index in [1.54, 1.807) is 17.5 Å². The summed E-state index contributed by atoms with van der Waals surface area (Å²) in [6, 6.07) is 0. The van der Waals surface area contributed by atoms with Gasteiger partial charge in [0.05, 0.1) is 17.4 Å². The molecule has 0 fully saturated rings. The minimum absolute atomic E-state index is 0.160. The molecule has 2 heterocycles. The lowest BCUT2D eigenvalue weighted by Gasteiger charge is -2.10. The number of amides is 1. The zero-order valence-corrected chi connectivity index (χ0v) is 11.1. The highest BCUT2D eigenvalue weighted by atomic mass is 32.1. The van der Waals surface area contributed by atoms with E-state index in [0.717, 1.165) is 5.01 Å². The lowest BCUT2D eigenvalue weighted by atomic mass is 10.2. The van der Waals surface area contributed by atoms with Crippen LogP contribution >= 0.6 is 11.3 Å². The summed E-state index contributed by atoms with van der Waals surface area (Å²) in [7, 11) is 0. The Labute approximate surface area is 114 Å². The molecule has 2 aromatic heterocycles. The molecule has 19 heavy (non-hydrogen) atoms. The lowest BCUT2D eigenvalue weighted by molar-refractivity contribution is 0.0946. The average Bonchev–Trinajstić information content (AvgIpc) is 2.98. The van der Waals surface area contributed by atoms with Crippen LogP contribution in [-0.4, -0.2) is 27.4 Å². The van der Waals surface area contributed by atoms with Gasteiger partial charge < -0.3 is 10.7 Å². The number of nitrogens with zero attached hydrogens (tertiary/aromatic N) is 3. The highest BCUT2D eigenvalue weighted by Crippen LogP contribution is 2.16. The largest absolute Gasteiger partial charge is 0.350 e. The molecule has 0 radical (unpaired) electrons. The van der Waals surface area contributed by atoms with Crippen molar-refractivity contribution in [2.24, 2.45) is 5.84 Å². The van der Waals surface area contributed by atoms with Crippen molar-refractivity contribution < 1.29 is 4.79 Å². The van der Waals surface area contributed by atoms with Crippen molar-refractivity contribution in [1.29, 1.82) is 0 Å². The molecule has 2 aromatic rings. The number of nitrogens with two attached hydrogens (primary N) is 1. The van der Waals surface area contributed by atoms with Crippen LogP contribution in [0.25, 0.3) is 0 Å². The fourth-order valence-electron chi connectivity index (χ4n) is 1.45. The van der Waals surface area contributed by atoms with Gasteiger partial charge in [-0.3, -0.25) is 9.78 Å². The number of aromatic nitrogens is 3. The summed E-state index contributed by atoms with van der Waals surface area (Å²) in [5.74, 6) is 5.44. The van der Waals surface area contributed by atoms with Crippen LogP contribution in [0.2, 0.25) is 0 Å². The second-order valence-electron chi connectivity index (χ2n) is 3.92. The summed E-state index contributed by atoms with van der Waals surface area (Å²) in [5, 5.41) is 5.70. The van der Waals surface area contributed by atoms with E-state index >= 15 is 0 Å². The molecule has 2 rings (SSSR count). The molecule has 100 valence electrons. The molecule has 1 unspecified atom stereocenters. The smallest absolute Gasteiger partial charge is 0.271 e. The summed E-state index contributed by atoms with van der Waals surface area (Å²) in [6.07, 6.45) is 4.58. The van der Waals surface area contributed by atoms with E-state index < -0.39 is 0 Å². The number of rotatable bonds is 5. The maximum absolute atomic E-state index is 11.9. The van der Waals surface area contributed by atoms with Crippen LogP contribution in [0, 0.1) is 0 Å². The third kappa shape index (κ3) is 3.46. The first-order chi connectivity index (χ1) is 9.20. The molecular formula is C11H14N6OS. The predicted octanol–water partition coefficient (Wildman–Crippen LogP) is 0.752. The van der Waals surface area contributed by atoms with Crippen LogP contribution in [0.15, 0.2) is 24.0 Å². The molecular weight excluding hydrogens is 264 g/mol. The van der Waals surface area contributed by atoms with Crippen molar-refractivity contribution in [1.82, 2.24) is 20.3 Å². The van der Waals surface area contributed by atoms with Crippen molar-refractivity contribution in [3.8, 4) is 0 Å². The van der Waals surface area contributed by atoms with Gasteiger partial charge in [0.25, 0.3) is 5.91 Å². The van der Waals surface area contributed by atoms with Crippen molar-refractivity contribution in [3.05, 3.63) is 34.7 Å². The third-order valence-electron chi connectivity index (χ3n) is 2.46. The van der Waals surface area contributed by atoms with Gasteiger partial charge in [-0.25, -0.2) is 15.8 Å². The average molecular weight is 278 g/mol. The third-order valence-corrected chi connectivity index (χ3v) is 3.46. The summed E-state index contributed by atoms with van der Waals surface area (Å²) in [5.41, 5.74) is 2.57. The fourth-order valence-corrected chi connectivity index (χ4v) is 2.14. The Hall–Kier alpha value is -2.06. The quantitative estimate of drug-likeness (QED) is 0.550. The molecule has 0 aliphatic carbocycles. The number of hydrogen-bond acceptors (Lipinski definition) is 7. The van der Waals surface area contributed by atoms with Crippen molar-refractivity contribution >= 4 is 23.1 Å². The summed E-state index contributed by atoms with van der Waals surface area (Å²) in [6.45, 7) is 2.50. The number of thiazole rings is 1.